The highest BCUT2D eigenvalue weighted by atomic mass is 32.2. The molecule has 0 spiro atoms. The lowest BCUT2D eigenvalue weighted by Crippen LogP contribution is -2.22. The largest absolute Gasteiger partial charge is 0.380 e. The number of nitrogens with one attached hydrogen (secondary N) is 1. The number of rotatable bonds is 7. The molecule has 3 heterocycles. The van der Waals surface area contributed by atoms with Crippen LogP contribution in [-0.2, 0) is 21.2 Å². The summed E-state index contributed by atoms with van der Waals surface area (Å²) >= 11 is 0. The van der Waals surface area contributed by atoms with Gasteiger partial charge in [-0.1, -0.05) is 6.07 Å². The van der Waals surface area contributed by atoms with Crippen molar-refractivity contribution < 1.29 is 13.2 Å². The molecule has 29 heavy (non-hydrogen) atoms. The van der Waals surface area contributed by atoms with Gasteiger partial charge in [-0.25, -0.2) is 12.4 Å². The minimum Gasteiger partial charge on any atom is -0.380 e. The summed E-state index contributed by atoms with van der Waals surface area (Å²) in [4.78, 5) is 6.87. The zero-order valence-electron chi connectivity index (χ0n) is 16.7. The Morgan fingerprint density at radius 1 is 1.28 bits per heavy atom. The van der Waals surface area contributed by atoms with Gasteiger partial charge in [0.1, 0.15) is 0 Å². The van der Waals surface area contributed by atoms with E-state index in [1.807, 2.05) is 13.1 Å². The second-order valence-electron chi connectivity index (χ2n) is 7.27. The second-order valence-corrected chi connectivity index (χ2v) is 9.08. The molecule has 1 aliphatic rings. The molecule has 0 unspecified atom stereocenters. The number of likely N-dealkylation sites (N-methyl/N-ethyl adjacent to an activating group) is 1. The first kappa shape index (κ1) is 19.9. The number of fused-ring (bicyclic) bond motifs is 1. The van der Waals surface area contributed by atoms with Crippen LogP contribution in [0.4, 0.5) is 5.69 Å². The maximum absolute atomic E-state index is 13.5. The number of hydrogen-bond donors (Lipinski definition) is 1. The van der Waals surface area contributed by atoms with Crippen molar-refractivity contribution >= 4 is 26.7 Å². The Morgan fingerprint density at radius 3 is 2.90 bits per heavy atom. The van der Waals surface area contributed by atoms with E-state index in [2.05, 4.69) is 15.2 Å². The summed E-state index contributed by atoms with van der Waals surface area (Å²) in [5, 5.41) is 3.11. The van der Waals surface area contributed by atoms with E-state index in [4.69, 9.17) is 4.74 Å². The average Bonchev–Trinajstić information content (AvgIpc) is 3.38. The highest BCUT2D eigenvalue weighted by Crippen LogP contribution is 2.28. The molecule has 1 saturated heterocycles. The van der Waals surface area contributed by atoms with Crippen molar-refractivity contribution in [3.05, 3.63) is 54.4 Å². The third-order valence-electron chi connectivity index (χ3n) is 5.46. The minimum atomic E-state index is -3.74. The van der Waals surface area contributed by atoms with Crippen molar-refractivity contribution in [2.75, 3.05) is 38.7 Å². The van der Waals surface area contributed by atoms with Crippen LogP contribution in [0.15, 0.2) is 53.7 Å². The highest BCUT2D eigenvalue weighted by Gasteiger charge is 2.25. The first-order valence-electron chi connectivity index (χ1n) is 9.77. The van der Waals surface area contributed by atoms with Crippen LogP contribution in [0.25, 0.3) is 11.0 Å². The van der Waals surface area contributed by atoms with E-state index in [9.17, 15) is 8.42 Å². The SMILES string of the molecule is CNCCc1cn(S(=O)(=O)c2cccc(N3CC[C@@H](OC)C3)c2)c2cccnc12. The molecule has 4 rings (SSSR count). The fraction of sp³-hybridized carbons (Fsp3) is 0.381. The van der Waals surface area contributed by atoms with Gasteiger partial charge in [-0.05, 0) is 62.3 Å². The van der Waals surface area contributed by atoms with Gasteiger partial charge in [0, 0.05) is 38.3 Å². The van der Waals surface area contributed by atoms with Gasteiger partial charge in [-0.3, -0.25) is 4.98 Å². The van der Waals surface area contributed by atoms with Crippen LogP contribution in [0.2, 0.25) is 0 Å². The number of benzene rings is 1. The Morgan fingerprint density at radius 2 is 2.14 bits per heavy atom. The molecule has 0 saturated carbocycles. The molecule has 0 bridgehead atoms. The van der Waals surface area contributed by atoms with E-state index in [1.165, 1.54) is 3.97 Å². The molecule has 154 valence electrons. The maximum atomic E-state index is 13.5. The molecular weight excluding hydrogens is 388 g/mol. The molecule has 7 nitrogen and oxygen atoms in total. The lowest BCUT2D eigenvalue weighted by Gasteiger charge is -2.19. The molecule has 1 N–H and O–H groups in total. The Kier molecular flexibility index (Phi) is 5.58. The van der Waals surface area contributed by atoms with Crippen molar-refractivity contribution in [2.24, 2.45) is 0 Å². The van der Waals surface area contributed by atoms with E-state index in [-0.39, 0.29) is 11.0 Å². The highest BCUT2D eigenvalue weighted by molar-refractivity contribution is 7.90. The molecule has 0 radical (unpaired) electrons. The molecule has 0 amide bonds. The predicted molar refractivity (Wildman–Crippen MR) is 114 cm³/mol. The monoisotopic (exact) mass is 414 g/mol. The number of methoxy groups -OCH3 is 1. The van der Waals surface area contributed by atoms with Gasteiger partial charge in [0.25, 0.3) is 10.0 Å². The van der Waals surface area contributed by atoms with Crippen LogP contribution in [-0.4, -0.2) is 57.3 Å². The Balaban J connectivity index is 1.73. The van der Waals surface area contributed by atoms with E-state index >= 15 is 0 Å². The zero-order chi connectivity index (χ0) is 20.4. The number of aromatic nitrogens is 2. The van der Waals surface area contributed by atoms with E-state index in [0.29, 0.717) is 11.9 Å². The molecule has 2 aromatic heterocycles. The Labute approximate surface area is 171 Å². The van der Waals surface area contributed by atoms with Gasteiger partial charge in [0.05, 0.1) is 22.0 Å². The second kappa shape index (κ2) is 8.14. The summed E-state index contributed by atoms with van der Waals surface area (Å²) in [5.41, 5.74) is 3.14. The smallest absolute Gasteiger partial charge is 0.268 e. The maximum Gasteiger partial charge on any atom is 0.268 e. The fourth-order valence-corrected chi connectivity index (χ4v) is 5.26. The Hall–Kier alpha value is -2.42. The summed E-state index contributed by atoms with van der Waals surface area (Å²) in [6, 6.07) is 10.7. The van der Waals surface area contributed by atoms with Gasteiger partial charge in [-0.2, -0.15) is 0 Å². The summed E-state index contributed by atoms with van der Waals surface area (Å²) < 4.78 is 33.8. The minimum absolute atomic E-state index is 0.185. The fourth-order valence-electron chi connectivity index (χ4n) is 3.85. The lowest BCUT2D eigenvalue weighted by molar-refractivity contribution is 0.121. The topological polar surface area (TPSA) is 76.5 Å². The van der Waals surface area contributed by atoms with Crippen LogP contribution in [0.1, 0.15) is 12.0 Å². The molecule has 1 aromatic carbocycles. The summed E-state index contributed by atoms with van der Waals surface area (Å²) in [5.74, 6) is 0. The summed E-state index contributed by atoms with van der Waals surface area (Å²) in [7, 11) is -0.152. The lowest BCUT2D eigenvalue weighted by atomic mass is 10.2. The molecule has 1 fully saturated rings. The normalized spacial score (nSPS) is 17.3. The van der Waals surface area contributed by atoms with Crippen molar-refractivity contribution in [2.45, 2.75) is 23.8 Å². The number of nitrogens with zero attached hydrogens (tertiary/aromatic N) is 3. The number of hydrogen-bond acceptors (Lipinski definition) is 6. The van der Waals surface area contributed by atoms with Crippen LogP contribution < -0.4 is 10.2 Å². The van der Waals surface area contributed by atoms with Crippen molar-refractivity contribution in [1.29, 1.82) is 0 Å². The molecule has 1 aliphatic heterocycles. The molecule has 8 heteroatoms. The number of ether oxygens (including phenoxy) is 1. The van der Waals surface area contributed by atoms with Gasteiger partial charge < -0.3 is 15.0 Å². The van der Waals surface area contributed by atoms with Gasteiger partial charge in [-0.15, -0.1) is 0 Å². The van der Waals surface area contributed by atoms with E-state index < -0.39 is 10.0 Å². The predicted octanol–water partition coefficient (Wildman–Crippen LogP) is 2.26. The zero-order valence-corrected chi connectivity index (χ0v) is 17.5. The van der Waals surface area contributed by atoms with Crippen molar-refractivity contribution in [1.82, 2.24) is 14.3 Å². The molecule has 1 atom stereocenters. The van der Waals surface area contributed by atoms with Crippen LogP contribution >= 0.6 is 0 Å². The van der Waals surface area contributed by atoms with E-state index in [0.717, 1.165) is 42.8 Å². The quantitative estimate of drug-likeness (QED) is 0.639. The molecular formula is C21H26N4O3S. The van der Waals surface area contributed by atoms with Gasteiger partial charge in [0.2, 0.25) is 0 Å². The Bertz CT molecular complexity index is 1110. The first-order valence-corrected chi connectivity index (χ1v) is 11.2. The van der Waals surface area contributed by atoms with Crippen LogP contribution in [0, 0.1) is 0 Å². The third kappa shape index (κ3) is 3.75. The van der Waals surface area contributed by atoms with Gasteiger partial charge in [0.15, 0.2) is 0 Å². The molecule has 3 aromatic rings. The van der Waals surface area contributed by atoms with Gasteiger partial charge >= 0.3 is 0 Å². The summed E-state index contributed by atoms with van der Waals surface area (Å²) in [6.07, 6.45) is 5.23. The van der Waals surface area contributed by atoms with Crippen LogP contribution in [0.5, 0.6) is 0 Å². The van der Waals surface area contributed by atoms with Crippen molar-refractivity contribution in [3.63, 3.8) is 0 Å². The third-order valence-corrected chi connectivity index (χ3v) is 7.13. The number of pyridine rings is 1. The van der Waals surface area contributed by atoms with Crippen molar-refractivity contribution in [3.8, 4) is 0 Å². The average molecular weight is 415 g/mol. The standard InChI is InChI=1S/C21H26N4O3S/c1-22-11-8-16-14-25(20-7-4-10-23-21(16)20)29(26,27)19-6-3-5-17(13-19)24-12-9-18(15-24)28-2/h3-7,10,13-14,18,22H,8-9,11-12,15H2,1-2H3/t18-/m1/s1. The van der Waals surface area contributed by atoms with Crippen LogP contribution in [0.3, 0.4) is 0 Å². The number of anilines is 1. The first-order chi connectivity index (χ1) is 14.0. The van der Waals surface area contributed by atoms with E-state index in [1.54, 1.807) is 49.8 Å². The summed E-state index contributed by atoms with van der Waals surface area (Å²) in [6.45, 7) is 2.37. The molecule has 0 aliphatic carbocycles.